The van der Waals surface area contributed by atoms with E-state index < -0.39 is 42.1 Å². The van der Waals surface area contributed by atoms with Gasteiger partial charge in [-0.25, -0.2) is 4.79 Å². The van der Waals surface area contributed by atoms with Crippen LogP contribution in [0.15, 0.2) is 0 Å². The standard InChI is InChI=1S/C19H30N4O6/c1-13(2)12-22-11-3-4-14(22)19(28)21-9-7-15(24)20-10-8-18(27)29-23-16(25)5-6-17(23)26/h13-14H,3-12H2,1-2H3,(H,20,24)(H,21,28)/i1+1,2+1,12+1D,13+1,14D,21+1. The van der Waals surface area contributed by atoms with Gasteiger partial charge in [0.15, 0.2) is 0 Å². The molecule has 0 aromatic carbocycles. The third kappa shape index (κ3) is 7.12. The number of carbonyl (C=O) groups is 5. The second-order valence-corrected chi connectivity index (χ2v) is 7.29. The molecule has 29 heavy (non-hydrogen) atoms. The molecule has 10 heteroatoms. The molecule has 0 spiro atoms. The fourth-order valence-corrected chi connectivity index (χ4v) is 3.05. The average Bonchev–Trinajstić information content (AvgIpc) is 3.25. The molecule has 2 saturated heterocycles. The van der Waals surface area contributed by atoms with Crippen molar-refractivity contribution in [2.24, 2.45) is 5.92 Å². The van der Waals surface area contributed by atoms with Crippen molar-refractivity contribution in [1.82, 2.24) is 20.6 Å². The molecule has 10 nitrogen and oxygen atoms in total. The first-order valence-corrected chi connectivity index (χ1v) is 9.87. The van der Waals surface area contributed by atoms with Crippen LogP contribution in [0.25, 0.3) is 0 Å². The van der Waals surface area contributed by atoms with Crippen molar-refractivity contribution in [2.75, 3.05) is 26.2 Å². The van der Waals surface area contributed by atoms with E-state index >= 15 is 0 Å². The summed E-state index contributed by atoms with van der Waals surface area (Å²) in [5.41, 5.74) is 0. The molecule has 0 saturated carbocycles. The van der Waals surface area contributed by atoms with E-state index in [1.165, 1.54) is 0 Å². The SMILES string of the molecule is [2H][13CH]([13CH]([13CH3])[13CH3])N1CCCC1([2H])C(=O)[15NH]CCC(=O)NCCC(=O)ON1C(=O)CCC1=O. The Hall–Kier alpha value is -2.49. The van der Waals surface area contributed by atoms with E-state index in [2.05, 4.69) is 10.6 Å². The van der Waals surface area contributed by atoms with Crippen molar-refractivity contribution in [3.05, 3.63) is 0 Å². The van der Waals surface area contributed by atoms with E-state index in [1.54, 1.807) is 4.90 Å². The number of likely N-dealkylation sites (tertiary alicyclic amines) is 1. The summed E-state index contributed by atoms with van der Waals surface area (Å²) in [5.74, 6) is -2.92. The summed E-state index contributed by atoms with van der Waals surface area (Å²) < 4.78 is 16.7. The van der Waals surface area contributed by atoms with Crippen LogP contribution in [0, 0.1) is 5.92 Å². The van der Waals surface area contributed by atoms with E-state index in [-0.39, 0.29) is 44.7 Å². The predicted molar refractivity (Wildman–Crippen MR) is 102 cm³/mol. The van der Waals surface area contributed by atoms with Crippen LogP contribution in [0.2, 0.25) is 0 Å². The number of imide groups is 1. The zero-order valence-corrected chi connectivity index (χ0v) is 16.9. The third-order valence-electron chi connectivity index (χ3n) is 4.39. The predicted octanol–water partition coefficient (Wildman–Crippen LogP) is -0.273. The first-order valence-electron chi connectivity index (χ1n) is 10.9. The van der Waals surface area contributed by atoms with Crippen LogP contribution in [-0.2, 0) is 28.8 Å². The molecule has 2 aliphatic rings. The van der Waals surface area contributed by atoms with Gasteiger partial charge >= 0.3 is 5.97 Å². The number of nitrogens with zero attached hydrogens (tertiary/aromatic N) is 2. The molecule has 162 valence electrons. The van der Waals surface area contributed by atoms with Gasteiger partial charge in [0.2, 0.25) is 11.8 Å². The molecular formula is C19H30N4O6. The van der Waals surface area contributed by atoms with Gasteiger partial charge in [-0.15, -0.1) is 5.06 Å². The third-order valence-corrected chi connectivity index (χ3v) is 4.39. The van der Waals surface area contributed by atoms with E-state index in [4.69, 9.17) is 7.58 Å². The highest BCUT2D eigenvalue weighted by Crippen LogP contribution is 2.18. The summed E-state index contributed by atoms with van der Waals surface area (Å²) >= 11 is 0. The number of nitrogens with one attached hydrogen (secondary N) is 2. The highest BCUT2D eigenvalue weighted by atomic mass is 16.7. The lowest BCUT2D eigenvalue weighted by molar-refractivity contribution is -0.197. The second kappa shape index (κ2) is 10.9. The van der Waals surface area contributed by atoms with Crippen LogP contribution in [0.5, 0.6) is 0 Å². The Morgan fingerprint density at radius 3 is 2.48 bits per heavy atom. The smallest absolute Gasteiger partial charge is 0.334 e. The lowest BCUT2D eigenvalue weighted by Gasteiger charge is -2.25. The molecular weight excluding hydrogens is 385 g/mol. The molecule has 2 unspecified atom stereocenters. The highest BCUT2D eigenvalue weighted by molar-refractivity contribution is 6.01. The van der Waals surface area contributed by atoms with Crippen molar-refractivity contribution >= 4 is 29.6 Å². The van der Waals surface area contributed by atoms with E-state index in [0.717, 1.165) is 0 Å². The first-order chi connectivity index (χ1) is 14.6. The van der Waals surface area contributed by atoms with Gasteiger partial charge < -0.3 is 15.5 Å². The molecule has 0 bridgehead atoms. The van der Waals surface area contributed by atoms with Crippen LogP contribution in [0.4, 0.5) is 0 Å². The van der Waals surface area contributed by atoms with Crippen molar-refractivity contribution in [3.8, 4) is 0 Å². The molecule has 2 N–H and O–H groups in total. The fourth-order valence-electron chi connectivity index (χ4n) is 3.05. The monoisotopic (exact) mass is 417 g/mol. The van der Waals surface area contributed by atoms with Gasteiger partial charge in [-0.1, -0.05) is 13.8 Å². The van der Waals surface area contributed by atoms with Gasteiger partial charge in [0.25, 0.3) is 11.8 Å². The molecule has 2 fully saturated rings. The summed E-state index contributed by atoms with van der Waals surface area (Å²) in [6, 6.07) is -1.51. The average molecular weight is 417 g/mol. The van der Waals surface area contributed by atoms with Gasteiger partial charge in [-0.3, -0.25) is 24.1 Å². The van der Waals surface area contributed by atoms with E-state index in [1.807, 2.05) is 13.8 Å². The molecule has 0 aromatic heterocycles. The number of hydroxylamine groups is 2. The summed E-state index contributed by atoms with van der Waals surface area (Å²) in [4.78, 5) is 65.1. The van der Waals surface area contributed by atoms with Gasteiger partial charge in [-0.2, -0.15) is 0 Å². The van der Waals surface area contributed by atoms with Crippen LogP contribution in [0.3, 0.4) is 0 Å². The fraction of sp³-hybridized carbons (Fsp3) is 0.737. The zero-order valence-electron chi connectivity index (χ0n) is 18.9. The molecule has 2 rings (SSSR count). The van der Waals surface area contributed by atoms with Crippen molar-refractivity contribution in [3.63, 3.8) is 0 Å². The molecule has 2 aliphatic heterocycles. The van der Waals surface area contributed by atoms with Gasteiger partial charge in [0, 0.05) is 40.2 Å². The lowest BCUT2D eigenvalue weighted by Crippen LogP contribution is -2.45. The molecule has 2 atom stereocenters. The molecule has 0 radical (unpaired) electrons. The first kappa shape index (κ1) is 19.8. The quantitative estimate of drug-likeness (QED) is 0.285. The summed E-state index contributed by atoms with van der Waals surface area (Å²) in [6.07, 6.45) is 0.730. The molecule has 4 amide bonds. The van der Waals surface area contributed by atoms with E-state index in [9.17, 15) is 24.0 Å². The Bertz CT molecular complexity index is 718. The van der Waals surface area contributed by atoms with Crippen LogP contribution >= 0.6 is 0 Å². The zero-order chi connectivity index (χ0) is 23.2. The minimum atomic E-state index is -1.51. The number of hydrogen-bond acceptors (Lipinski definition) is 7. The topological polar surface area (TPSA) is 125 Å². The van der Waals surface area contributed by atoms with Crippen molar-refractivity contribution in [1.29, 1.82) is 0 Å². The summed E-state index contributed by atoms with van der Waals surface area (Å²) in [7, 11) is 0. The van der Waals surface area contributed by atoms with E-state index in [0.29, 0.717) is 24.4 Å². The lowest BCUT2D eigenvalue weighted by atomic mass is 10.2. The minimum absolute atomic E-state index is 0.00581. The van der Waals surface area contributed by atoms with Crippen molar-refractivity contribution < 1.29 is 31.6 Å². The number of amides is 4. The number of rotatable bonds is 10. The van der Waals surface area contributed by atoms with Gasteiger partial charge in [0.05, 0.1) is 13.8 Å². The van der Waals surface area contributed by atoms with Crippen molar-refractivity contribution in [2.45, 2.75) is 58.4 Å². The van der Waals surface area contributed by atoms with Gasteiger partial charge in [-0.05, 0) is 25.3 Å². The number of carbonyl (C=O) groups excluding carboxylic acids is 5. The molecule has 0 aromatic rings. The maximum Gasteiger partial charge on any atom is 0.334 e. The maximum absolute atomic E-state index is 12.5. The Morgan fingerprint density at radius 2 is 1.83 bits per heavy atom. The summed E-state index contributed by atoms with van der Waals surface area (Å²) in [5, 5.41) is 5.53. The second-order valence-electron chi connectivity index (χ2n) is 7.29. The Kier molecular flexibility index (Phi) is 7.44. The summed E-state index contributed by atoms with van der Waals surface area (Å²) in [6.45, 7) is 3.57. The minimum Gasteiger partial charge on any atom is -0.355 e. The Balaban J connectivity index is 1.67. The maximum atomic E-state index is 12.5. The highest BCUT2D eigenvalue weighted by Gasteiger charge is 2.33. The normalized spacial score (nSPS) is 24.3. The largest absolute Gasteiger partial charge is 0.355 e. The van der Waals surface area contributed by atoms with Gasteiger partial charge in [0.1, 0.15) is 0 Å². The molecule has 2 heterocycles. The van der Waals surface area contributed by atoms with Crippen LogP contribution < -0.4 is 10.6 Å². The van der Waals surface area contributed by atoms with Crippen LogP contribution in [0.1, 0.15) is 55.1 Å². The Labute approximate surface area is 173 Å². The molecule has 0 aliphatic carbocycles. The Morgan fingerprint density at radius 1 is 1.17 bits per heavy atom. The number of hydrogen-bond donors (Lipinski definition) is 2. The van der Waals surface area contributed by atoms with Crippen LogP contribution in [-0.4, -0.2) is 71.7 Å².